The molecule has 0 saturated carbocycles. The van der Waals surface area contributed by atoms with Gasteiger partial charge in [-0.1, -0.05) is 0 Å². The average Bonchev–Trinajstić information content (AvgIpc) is 2.25. The molecule has 3 nitrogen and oxygen atoms in total. The van der Waals surface area contributed by atoms with E-state index < -0.39 is 0 Å². The van der Waals surface area contributed by atoms with Crippen molar-refractivity contribution < 1.29 is 4.74 Å². The standard InChI is InChI=1S/C11H24N2OS/c1-11-10-15-9-7-13(11)6-3-4-12-5-8-14-2/h11-12H,3-10H2,1-2H3. The van der Waals surface area contributed by atoms with Crippen LogP contribution >= 0.6 is 11.8 Å². The van der Waals surface area contributed by atoms with E-state index in [1.807, 2.05) is 0 Å². The zero-order valence-corrected chi connectivity index (χ0v) is 10.8. The highest BCUT2D eigenvalue weighted by atomic mass is 32.2. The van der Waals surface area contributed by atoms with Gasteiger partial charge in [0, 0.05) is 37.7 Å². The summed E-state index contributed by atoms with van der Waals surface area (Å²) in [5.74, 6) is 2.61. The average molecular weight is 232 g/mol. The lowest BCUT2D eigenvalue weighted by Gasteiger charge is -2.32. The van der Waals surface area contributed by atoms with E-state index in [2.05, 4.69) is 28.9 Å². The minimum Gasteiger partial charge on any atom is -0.383 e. The van der Waals surface area contributed by atoms with E-state index in [1.54, 1.807) is 7.11 Å². The number of nitrogens with zero attached hydrogens (tertiary/aromatic N) is 1. The van der Waals surface area contributed by atoms with E-state index in [-0.39, 0.29) is 0 Å². The zero-order chi connectivity index (χ0) is 10.9. The Morgan fingerprint density at radius 3 is 3.07 bits per heavy atom. The Balaban J connectivity index is 1.94. The highest BCUT2D eigenvalue weighted by Crippen LogP contribution is 2.15. The van der Waals surface area contributed by atoms with Crippen molar-refractivity contribution in [2.75, 3.05) is 51.4 Å². The van der Waals surface area contributed by atoms with Crippen LogP contribution in [0.3, 0.4) is 0 Å². The van der Waals surface area contributed by atoms with Crippen LogP contribution in [0.2, 0.25) is 0 Å². The highest BCUT2D eigenvalue weighted by Gasteiger charge is 2.17. The van der Waals surface area contributed by atoms with Gasteiger partial charge in [0.1, 0.15) is 0 Å². The zero-order valence-electron chi connectivity index (χ0n) is 10.00. The summed E-state index contributed by atoms with van der Waals surface area (Å²) >= 11 is 2.08. The SMILES string of the molecule is COCCNCCCN1CCSCC1C. The van der Waals surface area contributed by atoms with Crippen molar-refractivity contribution in [3.05, 3.63) is 0 Å². The fourth-order valence-corrected chi connectivity index (χ4v) is 2.88. The fraction of sp³-hybridized carbons (Fsp3) is 1.00. The number of ether oxygens (including phenoxy) is 1. The van der Waals surface area contributed by atoms with Crippen molar-refractivity contribution in [2.45, 2.75) is 19.4 Å². The van der Waals surface area contributed by atoms with Crippen LogP contribution < -0.4 is 5.32 Å². The normalized spacial score (nSPS) is 23.2. The van der Waals surface area contributed by atoms with Gasteiger partial charge < -0.3 is 10.1 Å². The minimum atomic E-state index is 0.766. The predicted molar refractivity (Wildman–Crippen MR) is 67.7 cm³/mol. The third-order valence-electron chi connectivity index (χ3n) is 2.79. The summed E-state index contributed by atoms with van der Waals surface area (Å²) < 4.78 is 4.98. The maximum absolute atomic E-state index is 4.98. The molecule has 1 atom stereocenters. The Morgan fingerprint density at radius 2 is 2.33 bits per heavy atom. The third-order valence-corrected chi connectivity index (χ3v) is 3.98. The first-order valence-corrected chi connectivity index (χ1v) is 7.01. The molecule has 0 aromatic carbocycles. The molecule has 0 amide bonds. The molecule has 0 aliphatic carbocycles. The molecule has 0 bridgehead atoms. The second-order valence-electron chi connectivity index (χ2n) is 4.06. The first-order valence-electron chi connectivity index (χ1n) is 5.86. The van der Waals surface area contributed by atoms with Gasteiger partial charge in [0.2, 0.25) is 0 Å². The molecule has 0 aromatic heterocycles. The van der Waals surface area contributed by atoms with E-state index in [0.717, 1.165) is 25.7 Å². The van der Waals surface area contributed by atoms with Gasteiger partial charge >= 0.3 is 0 Å². The van der Waals surface area contributed by atoms with E-state index in [0.29, 0.717) is 0 Å². The second kappa shape index (κ2) is 8.39. The molecule has 4 heteroatoms. The molecule has 1 rings (SSSR count). The molecule has 1 aliphatic rings. The quantitative estimate of drug-likeness (QED) is 0.663. The van der Waals surface area contributed by atoms with E-state index in [1.165, 1.54) is 31.0 Å². The Hall–Kier alpha value is 0.230. The van der Waals surface area contributed by atoms with Crippen molar-refractivity contribution in [3.63, 3.8) is 0 Å². The lowest BCUT2D eigenvalue weighted by atomic mass is 10.3. The number of hydrogen-bond donors (Lipinski definition) is 1. The maximum atomic E-state index is 4.98. The second-order valence-corrected chi connectivity index (χ2v) is 5.21. The molecule has 0 radical (unpaired) electrons. The Morgan fingerprint density at radius 1 is 1.47 bits per heavy atom. The van der Waals surface area contributed by atoms with Crippen molar-refractivity contribution >= 4 is 11.8 Å². The van der Waals surface area contributed by atoms with Gasteiger partial charge in [0.15, 0.2) is 0 Å². The van der Waals surface area contributed by atoms with E-state index in [4.69, 9.17) is 4.74 Å². The third kappa shape index (κ3) is 5.76. The topological polar surface area (TPSA) is 24.5 Å². The Labute approximate surface area is 97.9 Å². The summed E-state index contributed by atoms with van der Waals surface area (Å²) in [6.45, 7) is 7.74. The van der Waals surface area contributed by atoms with Crippen molar-refractivity contribution in [1.29, 1.82) is 0 Å². The molecule has 0 spiro atoms. The first kappa shape index (κ1) is 13.3. The van der Waals surface area contributed by atoms with Gasteiger partial charge in [0.25, 0.3) is 0 Å². The molecule has 90 valence electrons. The molecule has 1 N–H and O–H groups in total. The Bertz CT molecular complexity index is 158. The van der Waals surface area contributed by atoms with Gasteiger partial charge in [-0.15, -0.1) is 0 Å². The van der Waals surface area contributed by atoms with Gasteiger partial charge in [-0.3, -0.25) is 4.90 Å². The van der Waals surface area contributed by atoms with Gasteiger partial charge in [0.05, 0.1) is 6.61 Å². The van der Waals surface area contributed by atoms with Crippen LogP contribution in [0.5, 0.6) is 0 Å². The van der Waals surface area contributed by atoms with Crippen LogP contribution in [-0.4, -0.2) is 62.3 Å². The largest absolute Gasteiger partial charge is 0.383 e. The van der Waals surface area contributed by atoms with Crippen LogP contribution in [0.25, 0.3) is 0 Å². The molecule has 0 aromatic rings. The molecular formula is C11H24N2OS. The molecule has 15 heavy (non-hydrogen) atoms. The summed E-state index contributed by atoms with van der Waals surface area (Å²) in [5, 5.41) is 3.38. The number of nitrogens with one attached hydrogen (secondary N) is 1. The molecule has 1 fully saturated rings. The number of rotatable bonds is 7. The summed E-state index contributed by atoms with van der Waals surface area (Å²) in [5.41, 5.74) is 0. The summed E-state index contributed by atoms with van der Waals surface area (Å²) in [6.07, 6.45) is 1.25. The lowest BCUT2D eigenvalue weighted by molar-refractivity contribution is 0.196. The van der Waals surface area contributed by atoms with Crippen LogP contribution in [-0.2, 0) is 4.74 Å². The van der Waals surface area contributed by atoms with Gasteiger partial charge in [-0.2, -0.15) is 11.8 Å². The smallest absolute Gasteiger partial charge is 0.0587 e. The van der Waals surface area contributed by atoms with Crippen molar-refractivity contribution in [2.24, 2.45) is 0 Å². The number of hydrogen-bond acceptors (Lipinski definition) is 4. The van der Waals surface area contributed by atoms with E-state index in [9.17, 15) is 0 Å². The molecule has 1 unspecified atom stereocenters. The molecular weight excluding hydrogens is 208 g/mol. The van der Waals surface area contributed by atoms with Crippen LogP contribution in [0.4, 0.5) is 0 Å². The fourth-order valence-electron chi connectivity index (χ4n) is 1.80. The van der Waals surface area contributed by atoms with E-state index >= 15 is 0 Å². The number of thioether (sulfide) groups is 1. The lowest BCUT2D eigenvalue weighted by Crippen LogP contribution is -2.41. The van der Waals surface area contributed by atoms with Crippen LogP contribution in [0, 0.1) is 0 Å². The van der Waals surface area contributed by atoms with Crippen LogP contribution in [0.15, 0.2) is 0 Å². The summed E-state index contributed by atoms with van der Waals surface area (Å²) in [4.78, 5) is 2.61. The Kier molecular flexibility index (Phi) is 7.44. The first-order chi connectivity index (χ1) is 7.34. The molecule has 1 aliphatic heterocycles. The van der Waals surface area contributed by atoms with Crippen molar-refractivity contribution in [3.8, 4) is 0 Å². The van der Waals surface area contributed by atoms with Gasteiger partial charge in [-0.05, 0) is 26.4 Å². The summed E-state index contributed by atoms with van der Waals surface area (Å²) in [6, 6.07) is 0.766. The van der Waals surface area contributed by atoms with Crippen LogP contribution in [0.1, 0.15) is 13.3 Å². The highest BCUT2D eigenvalue weighted by molar-refractivity contribution is 7.99. The number of methoxy groups -OCH3 is 1. The maximum Gasteiger partial charge on any atom is 0.0587 e. The van der Waals surface area contributed by atoms with Crippen molar-refractivity contribution in [1.82, 2.24) is 10.2 Å². The molecule has 1 saturated heterocycles. The monoisotopic (exact) mass is 232 g/mol. The van der Waals surface area contributed by atoms with Gasteiger partial charge in [-0.25, -0.2) is 0 Å². The molecule has 1 heterocycles. The minimum absolute atomic E-state index is 0.766. The predicted octanol–water partition coefficient (Wildman–Crippen LogP) is 1.05. The summed E-state index contributed by atoms with van der Waals surface area (Å²) in [7, 11) is 1.74.